The van der Waals surface area contributed by atoms with Gasteiger partial charge in [0.25, 0.3) is 0 Å². The van der Waals surface area contributed by atoms with Crippen LogP contribution in [-0.4, -0.2) is 14.8 Å². The lowest BCUT2D eigenvalue weighted by Gasteiger charge is -2.04. The maximum atomic E-state index is 13.5. The Balaban J connectivity index is 2.50. The summed E-state index contributed by atoms with van der Waals surface area (Å²) < 4.78 is 15.1. The molecule has 0 radical (unpaired) electrons. The second-order valence-electron chi connectivity index (χ2n) is 3.81. The molecule has 1 aromatic heterocycles. The molecule has 0 unspecified atom stereocenters. The van der Waals surface area contributed by atoms with Gasteiger partial charge in [-0.3, -0.25) is 0 Å². The van der Waals surface area contributed by atoms with E-state index in [-0.39, 0.29) is 11.9 Å². The predicted molar refractivity (Wildman–Crippen MR) is 60.2 cm³/mol. The Morgan fingerprint density at radius 3 is 2.56 bits per heavy atom. The number of anilines is 1. The average molecular weight is 220 g/mol. The van der Waals surface area contributed by atoms with Crippen molar-refractivity contribution in [3.05, 3.63) is 30.1 Å². The molecule has 2 N–H and O–H groups in total. The highest BCUT2D eigenvalue weighted by Gasteiger charge is 2.13. The van der Waals surface area contributed by atoms with Crippen molar-refractivity contribution in [1.29, 1.82) is 0 Å². The van der Waals surface area contributed by atoms with E-state index in [0.29, 0.717) is 17.3 Å². The maximum Gasteiger partial charge on any atom is 0.219 e. The molecule has 0 bridgehead atoms. The van der Waals surface area contributed by atoms with Crippen LogP contribution >= 0.6 is 0 Å². The second kappa shape index (κ2) is 3.92. The van der Waals surface area contributed by atoms with E-state index in [9.17, 15) is 4.39 Å². The smallest absolute Gasteiger partial charge is 0.219 e. The van der Waals surface area contributed by atoms with Gasteiger partial charge in [0.15, 0.2) is 5.82 Å². The molecule has 2 rings (SSSR count). The highest BCUT2D eigenvalue weighted by molar-refractivity contribution is 5.56. The summed E-state index contributed by atoms with van der Waals surface area (Å²) in [6, 6.07) is 6.48. The molecule has 0 aliphatic rings. The Hall–Kier alpha value is -1.91. The topological polar surface area (TPSA) is 56.7 Å². The normalized spacial score (nSPS) is 11.0. The fraction of sp³-hybridized carbons (Fsp3) is 0.273. The molecule has 0 fully saturated rings. The van der Waals surface area contributed by atoms with Crippen LogP contribution in [0.25, 0.3) is 11.4 Å². The number of halogens is 1. The molecule has 0 aliphatic carbocycles. The fourth-order valence-electron chi connectivity index (χ4n) is 1.47. The summed E-state index contributed by atoms with van der Waals surface area (Å²) in [5.41, 5.74) is 6.07. The minimum atomic E-state index is -0.344. The molecule has 0 atom stereocenters. The van der Waals surface area contributed by atoms with Crippen LogP contribution in [0.4, 0.5) is 10.3 Å². The SMILES string of the molecule is CC(C)n1nc(-c2ccccc2F)nc1N. The monoisotopic (exact) mass is 220 g/mol. The molecule has 0 spiro atoms. The van der Waals surface area contributed by atoms with Gasteiger partial charge in [0.2, 0.25) is 5.95 Å². The number of rotatable bonds is 2. The zero-order chi connectivity index (χ0) is 11.7. The Morgan fingerprint density at radius 2 is 2.00 bits per heavy atom. The summed E-state index contributed by atoms with van der Waals surface area (Å²) in [4.78, 5) is 4.05. The first-order valence-electron chi connectivity index (χ1n) is 5.06. The third-order valence-corrected chi connectivity index (χ3v) is 2.26. The lowest BCUT2D eigenvalue weighted by molar-refractivity contribution is 0.540. The number of benzene rings is 1. The molecule has 1 aromatic carbocycles. The molecule has 84 valence electrons. The summed E-state index contributed by atoms with van der Waals surface area (Å²) in [7, 11) is 0. The van der Waals surface area contributed by atoms with Crippen LogP contribution in [0.3, 0.4) is 0 Å². The molecule has 5 heteroatoms. The fourth-order valence-corrected chi connectivity index (χ4v) is 1.47. The van der Waals surface area contributed by atoms with Crippen LogP contribution in [0.1, 0.15) is 19.9 Å². The number of hydrogen-bond acceptors (Lipinski definition) is 3. The summed E-state index contributed by atoms with van der Waals surface area (Å²) >= 11 is 0. The first kappa shape index (κ1) is 10.6. The Bertz CT molecular complexity index is 504. The number of nitrogens with zero attached hydrogens (tertiary/aromatic N) is 3. The van der Waals surface area contributed by atoms with Gasteiger partial charge < -0.3 is 5.73 Å². The van der Waals surface area contributed by atoms with Gasteiger partial charge in [-0.25, -0.2) is 9.07 Å². The largest absolute Gasteiger partial charge is 0.368 e. The van der Waals surface area contributed by atoms with Crippen LogP contribution in [0, 0.1) is 5.82 Å². The standard InChI is InChI=1S/C11H13FN4/c1-7(2)16-11(13)14-10(15-16)8-5-3-4-6-9(8)12/h3-7H,1-2H3,(H2,13,14,15). The highest BCUT2D eigenvalue weighted by atomic mass is 19.1. The van der Waals surface area contributed by atoms with Crippen molar-refractivity contribution in [2.75, 3.05) is 5.73 Å². The van der Waals surface area contributed by atoms with Gasteiger partial charge in [-0.15, -0.1) is 5.10 Å². The van der Waals surface area contributed by atoms with E-state index in [1.165, 1.54) is 6.07 Å². The van der Waals surface area contributed by atoms with Crippen LogP contribution in [0.5, 0.6) is 0 Å². The van der Waals surface area contributed by atoms with Crippen molar-refractivity contribution < 1.29 is 4.39 Å². The Labute approximate surface area is 92.9 Å². The maximum absolute atomic E-state index is 13.5. The number of nitrogens with two attached hydrogens (primary N) is 1. The molecular weight excluding hydrogens is 207 g/mol. The lowest BCUT2D eigenvalue weighted by atomic mass is 10.2. The molecule has 0 amide bonds. The number of nitrogen functional groups attached to an aromatic ring is 1. The quantitative estimate of drug-likeness (QED) is 0.844. The summed E-state index contributed by atoms with van der Waals surface area (Å²) in [6.07, 6.45) is 0. The Kier molecular flexibility index (Phi) is 2.60. The number of aromatic nitrogens is 3. The van der Waals surface area contributed by atoms with Crippen LogP contribution in [0.15, 0.2) is 24.3 Å². The van der Waals surface area contributed by atoms with Crippen molar-refractivity contribution in [2.24, 2.45) is 0 Å². The van der Waals surface area contributed by atoms with Gasteiger partial charge in [-0.05, 0) is 26.0 Å². The van der Waals surface area contributed by atoms with Gasteiger partial charge in [0.05, 0.1) is 11.6 Å². The van der Waals surface area contributed by atoms with Crippen molar-refractivity contribution in [3.8, 4) is 11.4 Å². The van der Waals surface area contributed by atoms with Crippen molar-refractivity contribution >= 4 is 5.95 Å². The molecule has 0 saturated carbocycles. The Morgan fingerprint density at radius 1 is 1.31 bits per heavy atom. The van der Waals surface area contributed by atoms with E-state index in [1.807, 2.05) is 13.8 Å². The van der Waals surface area contributed by atoms with E-state index >= 15 is 0 Å². The molecular formula is C11H13FN4. The van der Waals surface area contributed by atoms with E-state index in [1.54, 1.807) is 22.9 Å². The van der Waals surface area contributed by atoms with Gasteiger partial charge >= 0.3 is 0 Å². The van der Waals surface area contributed by atoms with Gasteiger partial charge in [0.1, 0.15) is 5.82 Å². The van der Waals surface area contributed by atoms with Crippen LogP contribution in [0.2, 0.25) is 0 Å². The van der Waals surface area contributed by atoms with Crippen molar-refractivity contribution in [2.45, 2.75) is 19.9 Å². The minimum Gasteiger partial charge on any atom is -0.368 e. The minimum absolute atomic E-state index is 0.105. The van der Waals surface area contributed by atoms with E-state index < -0.39 is 0 Å². The zero-order valence-electron chi connectivity index (χ0n) is 9.18. The number of hydrogen-bond donors (Lipinski definition) is 1. The van der Waals surface area contributed by atoms with E-state index in [4.69, 9.17) is 5.73 Å². The lowest BCUT2D eigenvalue weighted by Crippen LogP contribution is -2.07. The molecule has 0 aliphatic heterocycles. The molecule has 2 aromatic rings. The molecule has 0 saturated heterocycles. The van der Waals surface area contributed by atoms with Gasteiger partial charge in [-0.2, -0.15) is 4.98 Å². The van der Waals surface area contributed by atoms with Gasteiger partial charge in [-0.1, -0.05) is 12.1 Å². The summed E-state index contributed by atoms with van der Waals surface area (Å²) in [5, 5.41) is 4.18. The zero-order valence-corrected chi connectivity index (χ0v) is 9.18. The molecule has 4 nitrogen and oxygen atoms in total. The van der Waals surface area contributed by atoms with E-state index in [0.717, 1.165) is 0 Å². The molecule has 1 heterocycles. The predicted octanol–water partition coefficient (Wildman–Crippen LogP) is 2.25. The average Bonchev–Trinajstić information content (AvgIpc) is 2.61. The van der Waals surface area contributed by atoms with Gasteiger partial charge in [0, 0.05) is 0 Å². The third kappa shape index (κ3) is 1.76. The second-order valence-corrected chi connectivity index (χ2v) is 3.81. The summed E-state index contributed by atoms with van der Waals surface area (Å²) in [5.74, 6) is 0.279. The molecule has 16 heavy (non-hydrogen) atoms. The van der Waals surface area contributed by atoms with Crippen LogP contribution < -0.4 is 5.73 Å². The van der Waals surface area contributed by atoms with Crippen LogP contribution in [-0.2, 0) is 0 Å². The third-order valence-electron chi connectivity index (χ3n) is 2.26. The van der Waals surface area contributed by atoms with E-state index in [2.05, 4.69) is 10.1 Å². The van der Waals surface area contributed by atoms with Crippen molar-refractivity contribution in [3.63, 3.8) is 0 Å². The summed E-state index contributed by atoms with van der Waals surface area (Å²) in [6.45, 7) is 3.88. The first-order chi connectivity index (χ1) is 7.59. The highest BCUT2D eigenvalue weighted by Crippen LogP contribution is 2.21. The first-order valence-corrected chi connectivity index (χ1v) is 5.06. The van der Waals surface area contributed by atoms with Crippen molar-refractivity contribution in [1.82, 2.24) is 14.8 Å².